The predicted molar refractivity (Wildman–Crippen MR) is 89.9 cm³/mol. The first-order valence-corrected chi connectivity index (χ1v) is 8.58. The van der Waals surface area contributed by atoms with Crippen LogP contribution in [0.15, 0.2) is 4.99 Å². The monoisotopic (exact) mass is 309 g/mol. The summed E-state index contributed by atoms with van der Waals surface area (Å²) in [5.41, 5.74) is 0. The van der Waals surface area contributed by atoms with E-state index in [1.165, 1.54) is 12.8 Å². The lowest BCUT2D eigenvalue weighted by Crippen LogP contribution is -2.43. The van der Waals surface area contributed by atoms with Gasteiger partial charge in [0, 0.05) is 31.6 Å². The molecule has 0 aromatic carbocycles. The lowest BCUT2D eigenvalue weighted by atomic mass is 10.2. The van der Waals surface area contributed by atoms with Crippen molar-refractivity contribution in [3.63, 3.8) is 0 Å². The van der Waals surface area contributed by atoms with Gasteiger partial charge in [0.2, 0.25) is 5.91 Å². The van der Waals surface area contributed by atoms with Gasteiger partial charge in [0.25, 0.3) is 0 Å². The smallest absolute Gasteiger partial charge is 0.223 e. The summed E-state index contributed by atoms with van der Waals surface area (Å²) in [5.74, 6) is 2.13. The van der Waals surface area contributed by atoms with E-state index in [0.29, 0.717) is 19.1 Å². The molecule has 2 aliphatic rings. The fourth-order valence-corrected chi connectivity index (χ4v) is 2.60. The SMILES string of the molecule is CCNC(=NCC(C1CC1)N(C)C)NCCNC(=O)C1CC1. The summed E-state index contributed by atoms with van der Waals surface area (Å²) in [4.78, 5) is 18.5. The average Bonchev–Trinajstić information content (AvgIpc) is 3.35. The molecule has 3 N–H and O–H groups in total. The zero-order valence-corrected chi connectivity index (χ0v) is 14.2. The Labute approximate surface area is 134 Å². The molecular formula is C16H31N5O. The minimum atomic E-state index is 0.199. The Morgan fingerprint density at radius 3 is 2.36 bits per heavy atom. The number of amides is 1. The van der Waals surface area contributed by atoms with Crippen molar-refractivity contribution in [2.45, 2.75) is 38.6 Å². The molecule has 126 valence electrons. The van der Waals surface area contributed by atoms with Gasteiger partial charge < -0.3 is 20.9 Å². The van der Waals surface area contributed by atoms with E-state index in [-0.39, 0.29) is 11.8 Å². The maximum Gasteiger partial charge on any atom is 0.223 e. The molecule has 2 aliphatic carbocycles. The van der Waals surface area contributed by atoms with Gasteiger partial charge in [0.15, 0.2) is 5.96 Å². The molecule has 0 radical (unpaired) electrons. The van der Waals surface area contributed by atoms with Gasteiger partial charge in [-0.1, -0.05) is 0 Å². The Morgan fingerprint density at radius 1 is 1.14 bits per heavy atom. The molecule has 0 aromatic heterocycles. The van der Waals surface area contributed by atoms with Crippen LogP contribution in [-0.4, -0.2) is 63.1 Å². The van der Waals surface area contributed by atoms with Crippen molar-refractivity contribution in [3.05, 3.63) is 0 Å². The molecule has 6 heteroatoms. The van der Waals surface area contributed by atoms with Crippen LogP contribution in [0.1, 0.15) is 32.6 Å². The van der Waals surface area contributed by atoms with Gasteiger partial charge in [-0.15, -0.1) is 0 Å². The third-order valence-corrected chi connectivity index (χ3v) is 4.27. The summed E-state index contributed by atoms with van der Waals surface area (Å²) < 4.78 is 0. The molecule has 1 unspecified atom stereocenters. The number of likely N-dealkylation sites (N-methyl/N-ethyl adjacent to an activating group) is 1. The van der Waals surface area contributed by atoms with Gasteiger partial charge in [-0.05, 0) is 52.6 Å². The Hall–Kier alpha value is -1.30. The molecule has 2 rings (SSSR count). The first-order valence-electron chi connectivity index (χ1n) is 8.58. The Bertz CT molecular complexity index is 386. The number of nitrogens with one attached hydrogen (secondary N) is 3. The van der Waals surface area contributed by atoms with Gasteiger partial charge >= 0.3 is 0 Å². The molecule has 0 bridgehead atoms. The van der Waals surface area contributed by atoms with Crippen molar-refractivity contribution in [2.75, 3.05) is 40.3 Å². The lowest BCUT2D eigenvalue weighted by Gasteiger charge is -2.23. The number of rotatable bonds is 9. The molecule has 1 amide bonds. The zero-order chi connectivity index (χ0) is 15.9. The molecule has 1 atom stereocenters. The normalized spacial score (nSPS) is 19.9. The van der Waals surface area contributed by atoms with Crippen LogP contribution in [0.25, 0.3) is 0 Å². The number of hydrogen-bond acceptors (Lipinski definition) is 3. The van der Waals surface area contributed by atoms with Gasteiger partial charge in [0.1, 0.15) is 0 Å². The standard InChI is InChI=1S/C16H31N5O/c1-4-17-16(19-10-9-18-15(22)13-7-8-13)20-11-14(21(2)3)12-5-6-12/h12-14H,4-11H2,1-3H3,(H,18,22)(H2,17,19,20). The Balaban J connectivity index is 1.70. The molecule has 0 aromatic rings. The third-order valence-electron chi connectivity index (χ3n) is 4.27. The average molecular weight is 309 g/mol. The van der Waals surface area contributed by atoms with Crippen LogP contribution >= 0.6 is 0 Å². The van der Waals surface area contributed by atoms with E-state index in [9.17, 15) is 4.79 Å². The fraction of sp³-hybridized carbons (Fsp3) is 0.875. The molecule has 2 saturated carbocycles. The summed E-state index contributed by atoms with van der Waals surface area (Å²) in [5, 5.41) is 9.52. The summed E-state index contributed by atoms with van der Waals surface area (Å²) in [7, 11) is 4.26. The number of guanidine groups is 1. The number of carbonyl (C=O) groups excluding carboxylic acids is 1. The highest BCUT2D eigenvalue weighted by Gasteiger charge is 2.32. The minimum Gasteiger partial charge on any atom is -0.357 e. The van der Waals surface area contributed by atoms with Crippen molar-refractivity contribution in [3.8, 4) is 0 Å². The van der Waals surface area contributed by atoms with E-state index in [4.69, 9.17) is 4.99 Å². The van der Waals surface area contributed by atoms with Gasteiger partial charge in [-0.2, -0.15) is 0 Å². The van der Waals surface area contributed by atoms with Crippen molar-refractivity contribution >= 4 is 11.9 Å². The van der Waals surface area contributed by atoms with Crippen LogP contribution in [0.4, 0.5) is 0 Å². The van der Waals surface area contributed by atoms with E-state index in [1.807, 2.05) is 0 Å². The maximum atomic E-state index is 11.6. The van der Waals surface area contributed by atoms with Crippen molar-refractivity contribution < 1.29 is 4.79 Å². The van der Waals surface area contributed by atoms with Crippen LogP contribution in [0, 0.1) is 11.8 Å². The first-order chi connectivity index (χ1) is 10.6. The molecule has 2 fully saturated rings. The van der Waals surface area contributed by atoms with E-state index >= 15 is 0 Å². The minimum absolute atomic E-state index is 0.199. The Morgan fingerprint density at radius 2 is 1.82 bits per heavy atom. The van der Waals surface area contributed by atoms with E-state index in [2.05, 4.69) is 41.9 Å². The lowest BCUT2D eigenvalue weighted by molar-refractivity contribution is -0.122. The van der Waals surface area contributed by atoms with Crippen LogP contribution in [0.3, 0.4) is 0 Å². The summed E-state index contributed by atoms with van der Waals surface area (Å²) in [6.07, 6.45) is 4.76. The van der Waals surface area contributed by atoms with Crippen molar-refractivity contribution in [1.29, 1.82) is 0 Å². The highest BCUT2D eigenvalue weighted by atomic mass is 16.2. The van der Waals surface area contributed by atoms with E-state index in [0.717, 1.165) is 37.8 Å². The molecule has 6 nitrogen and oxygen atoms in total. The predicted octanol–water partition coefficient (Wildman–Crippen LogP) is 0.408. The number of carbonyl (C=O) groups is 1. The Kier molecular flexibility index (Phi) is 6.49. The topological polar surface area (TPSA) is 68.8 Å². The van der Waals surface area contributed by atoms with Gasteiger partial charge in [-0.3, -0.25) is 9.79 Å². The van der Waals surface area contributed by atoms with Gasteiger partial charge in [0.05, 0.1) is 6.54 Å². The number of aliphatic imine (C=N–C) groups is 1. The molecule has 0 heterocycles. The van der Waals surface area contributed by atoms with Crippen LogP contribution in [0.2, 0.25) is 0 Å². The van der Waals surface area contributed by atoms with E-state index in [1.54, 1.807) is 0 Å². The highest BCUT2D eigenvalue weighted by Crippen LogP contribution is 2.34. The van der Waals surface area contributed by atoms with Crippen molar-refractivity contribution in [2.24, 2.45) is 16.8 Å². The summed E-state index contributed by atoms with van der Waals surface area (Å²) in [6, 6.07) is 0.532. The summed E-state index contributed by atoms with van der Waals surface area (Å²) >= 11 is 0. The summed E-state index contributed by atoms with van der Waals surface area (Å²) in [6.45, 7) is 5.09. The molecule has 22 heavy (non-hydrogen) atoms. The first kappa shape index (κ1) is 17.1. The second-order valence-electron chi connectivity index (χ2n) is 6.58. The second kappa shape index (κ2) is 8.36. The highest BCUT2D eigenvalue weighted by molar-refractivity contribution is 5.81. The van der Waals surface area contributed by atoms with Crippen LogP contribution < -0.4 is 16.0 Å². The van der Waals surface area contributed by atoms with Gasteiger partial charge in [-0.25, -0.2) is 0 Å². The van der Waals surface area contributed by atoms with Crippen molar-refractivity contribution in [1.82, 2.24) is 20.9 Å². The van der Waals surface area contributed by atoms with Crippen LogP contribution in [-0.2, 0) is 4.79 Å². The molecule has 0 saturated heterocycles. The van der Waals surface area contributed by atoms with Crippen LogP contribution in [0.5, 0.6) is 0 Å². The molecular weight excluding hydrogens is 278 g/mol. The number of nitrogens with zero attached hydrogens (tertiary/aromatic N) is 2. The maximum absolute atomic E-state index is 11.6. The third kappa shape index (κ3) is 5.83. The fourth-order valence-electron chi connectivity index (χ4n) is 2.60. The van der Waals surface area contributed by atoms with E-state index < -0.39 is 0 Å². The zero-order valence-electron chi connectivity index (χ0n) is 14.2. The molecule has 0 aliphatic heterocycles. The molecule has 0 spiro atoms. The number of hydrogen-bond donors (Lipinski definition) is 3. The quantitative estimate of drug-likeness (QED) is 0.328. The largest absolute Gasteiger partial charge is 0.357 e. The second-order valence-corrected chi connectivity index (χ2v) is 6.58.